The first-order valence-corrected chi connectivity index (χ1v) is 15.1. The lowest BCUT2D eigenvalue weighted by Gasteiger charge is -2.17. The maximum absolute atomic E-state index is 12.9. The van der Waals surface area contributed by atoms with E-state index in [2.05, 4.69) is 5.32 Å². The van der Waals surface area contributed by atoms with Gasteiger partial charge in [0.2, 0.25) is 0 Å². The Hall–Kier alpha value is -3.71. The van der Waals surface area contributed by atoms with E-state index in [0.29, 0.717) is 57.6 Å². The molecule has 11 nitrogen and oxygen atoms in total. The van der Waals surface area contributed by atoms with Crippen LogP contribution in [0.1, 0.15) is 37.4 Å². The van der Waals surface area contributed by atoms with Crippen LogP contribution in [0.2, 0.25) is 10.0 Å². The summed E-state index contributed by atoms with van der Waals surface area (Å²) in [6.45, 7) is 5.28. The number of aryl methyl sites for hydroxylation is 1. The second-order valence-electron chi connectivity index (χ2n) is 10.1. The lowest BCUT2D eigenvalue weighted by molar-refractivity contribution is -0.139. The molecule has 0 heterocycles. The Morgan fingerprint density at radius 2 is 1.39 bits per heavy atom. The summed E-state index contributed by atoms with van der Waals surface area (Å²) in [5.74, 6) is -2.71. The Labute approximate surface area is 277 Å². The maximum atomic E-state index is 12.9. The Morgan fingerprint density at radius 3 is 1.93 bits per heavy atom. The van der Waals surface area contributed by atoms with E-state index in [9.17, 15) is 19.5 Å². The maximum Gasteiger partial charge on any atom is 0.335 e. The van der Waals surface area contributed by atoms with Crippen LogP contribution in [-0.2, 0) is 36.8 Å². The summed E-state index contributed by atoms with van der Waals surface area (Å²) in [5, 5.41) is 21.0. The number of hydrogen-bond acceptors (Lipinski definition) is 8. The highest BCUT2D eigenvalue weighted by molar-refractivity contribution is 6.40. The number of ether oxygens (including phenoxy) is 5. The van der Waals surface area contributed by atoms with Crippen LogP contribution < -0.4 is 10.1 Å². The number of aromatic carboxylic acids is 1. The van der Waals surface area contributed by atoms with Crippen molar-refractivity contribution >= 4 is 41.0 Å². The summed E-state index contributed by atoms with van der Waals surface area (Å²) in [6, 6.07) is 12.0. The van der Waals surface area contributed by atoms with Crippen molar-refractivity contribution in [2.24, 2.45) is 0 Å². The average Bonchev–Trinajstić information content (AvgIpc) is 3.01. The van der Waals surface area contributed by atoms with Crippen molar-refractivity contribution in [3.8, 4) is 16.9 Å². The van der Waals surface area contributed by atoms with Gasteiger partial charge in [-0.3, -0.25) is 4.79 Å². The minimum Gasteiger partial charge on any atom is -0.496 e. The molecule has 0 aliphatic rings. The lowest BCUT2D eigenvalue weighted by atomic mass is 9.95. The third-order valence-corrected chi connectivity index (χ3v) is 7.42. The van der Waals surface area contributed by atoms with Gasteiger partial charge in [-0.15, -0.1) is 0 Å². The Kier molecular flexibility index (Phi) is 14.7. The molecule has 1 amide bonds. The van der Waals surface area contributed by atoms with Crippen LogP contribution in [0.15, 0.2) is 48.5 Å². The van der Waals surface area contributed by atoms with E-state index < -0.39 is 23.9 Å². The zero-order chi connectivity index (χ0) is 33.6. The Bertz CT molecular complexity index is 1470. The quantitative estimate of drug-likeness (QED) is 0.143. The number of nitrogens with one attached hydrogen (secondary N) is 1. The number of hydrogen-bond donors (Lipinski definition) is 3. The molecular formula is C33H37Cl2NO10. The minimum atomic E-state index is -1.31. The van der Waals surface area contributed by atoms with Crippen LogP contribution in [0.25, 0.3) is 11.1 Å². The van der Waals surface area contributed by atoms with Gasteiger partial charge in [0.15, 0.2) is 0 Å². The van der Waals surface area contributed by atoms with E-state index in [0.717, 1.165) is 34.4 Å². The molecule has 0 bridgehead atoms. The summed E-state index contributed by atoms with van der Waals surface area (Å²) < 4.78 is 27.2. The molecule has 0 fully saturated rings. The Balaban J connectivity index is 1.62. The van der Waals surface area contributed by atoms with Gasteiger partial charge in [-0.05, 0) is 47.4 Å². The van der Waals surface area contributed by atoms with Crippen molar-refractivity contribution in [2.75, 3.05) is 53.9 Å². The molecule has 46 heavy (non-hydrogen) atoms. The van der Waals surface area contributed by atoms with E-state index in [1.165, 1.54) is 0 Å². The van der Waals surface area contributed by atoms with Crippen LogP contribution >= 0.6 is 23.2 Å². The fraction of sp³-hybridized carbons (Fsp3) is 0.364. The van der Waals surface area contributed by atoms with Crippen LogP contribution in [0.4, 0.5) is 0 Å². The van der Waals surface area contributed by atoms with Gasteiger partial charge in [0.05, 0.1) is 74.5 Å². The van der Waals surface area contributed by atoms with Gasteiger partial charge in [-0.25, -0.2) is 9.59 Å². The third-order valence-electron chi connectivity index (χ3n) is 6.83. The second kappa shape index (κ2) is 18.4. The third kappa shape index (κ3) is 10.7. The van der Waals surface area contributed by atoms with E-state index in [4.69, 9.17) is 52.0 Å². The van der Waals surface area contributed by atoms with Crippen molar-refractivity contribution in [1.29, 1.82) is 0 Å². The SMILES string of the molecule is COCCOCCOCCOCc1cc(C)c(-c2ccc(C[C@H](NC(=O)c3c(Cl)cc(C(=O)O)cc3Cl)C(=O)O)cc2)c(OC)c1. The van der Waals surface area contributed by atoms with Crippen molar-refractivity contribution < 1.29 is 48.3 Å². The number of halogens is 2. The predicted molar refractivity (Wildman–Crippen MR) is 172 cm³/mol. The number of rotatable bonds is 19. The first kappa shape index (κ1) is 36.8. The molecule has 0 saturated heterocycles. The summed E-state index contributed by atoms with van der Waals surface area (Å²) >= 11 is 12.2. The number of aliphatic carboxylic acids is 1. The molecule has 0 radical (unpaired) electrons. The number of carbonyl (C=O) groups is 3. The van der Waals surface area contributed by atoms with Gasteiger partial charge in [0.25, 0.3) is 5.91 Å². The highest BCUT2D eigenvalue weighted by Crippen LogP contribution is 2.35. The summed E-state index contributed by atoms with van der Waals surface area (Å²) in [7, 11) is 3.21. The molecule has 0 spiro atoms. The lowest BCUT2D eigenvalue weighted by Crippen LogP contribution is -2.42. The minimum absolute atomic E-state index is 0.0270. The highest BCUT2D eigenvalue weighted by atomic mass is 35.5. The number of amides is 1. The average molecular weight is 679 g/mol. The zero-order valence-electron chi connectivity index (χ0n) is 25.8. The predicted octanol–water partition coefficient (Wildman–Crippen LogP) is 5.30. The molecule has 0 aromatic heterocycles. The highest BCUT2D eigenvalue weighted by Gasteiger charge is 2.25. The second-order valence-corrected chi connectivity index (χ2v) is 11.0. The molecule has 248 valence electrons. The molecular weight excluding hydrogens is 641 g/mol. The van der Waals surface area contributed by atoms with Crippen LogP contribution in [0.3, 0.4) is 0 Å². The number of carboxylic acids is 2. The van der Waals surface area contributed by atoms with Gasteiger partial charge in [-0.2, -0.15) is 0 Å². The van der Waals surface area contributed by atoms with Crippen LogP contribution in [0.5, 0.6) is 5.75 Å². The molecule has 3 rings (SSSR count). The molecule has 0 aliphatic heterocycles. The van der Waals surface area contributed by atoms with Gasteiger partial charge in [0.1, 0.15) is 11.8 Å². The number of carbonyl (C=O) groups excluding carboxylic acids is 1. The van der Waals surface area contributed by atoms with Crippen molar-refractivity contribution in [1.82, 2.24) is 5.32 Å². The molecule has 1 atom stereocenters. The fourth-order valence-corrected chi connectivity index (χ4v) is 5.26. The van der Waals surface area contributed by atoms with E-state index in [1.807, 2.05) is 31.2 Å². The number of benzene rings is 3. The molecule has 3 aromatic rings. The molecule has 0 aliphatic carbocycles. The Morgan fingerprint density at radius 1 is 0.804 bits per heavy atom. The van der Waals surface area contributed by atoms with Gasteiger partial charge in [0, 0.05) is 19.1 Å². The standard InChI is InChI=1S/C33H37Cl2NO10/c1-20-14-22(19-46-13-12-45-11-10-44-9-8-42-2)16-28(43-3)29(20)23-6-4-21(5-7-23)15-27(33(40)41)36-31(37)30-25(34)17-24(32(38)39)18-26(30)35/h4-7,14,16-18,27H,8-13,15,19H2,1-3H3,(H,36,37)(H,38,39)(H,40,41)/t27-/m0/s1. The molecule has 3 aromatic carbocycles. The summed E-state index contributed by atoms with van der Waals surface area (Å²) in [4.78, 5) is 36.1. The van der Waals surface area contributed by atoms with Crippen molar-refractivity contribution in [3.63, 3.8) is 0 Å². The molecule has 0 unspecified atom stereocenters. The molecule has 3 N–H and O–H groups in total. The normalized spacial score (nSPS) is 11.7. The van der Waals surface area contributed by atoms with Crippen LogP contribution in [0, 0.1) is 6.92 Å². The van der Waals surface area contributed by atoms with Gasteiger partial charge < -0.3 is 39.2 Å². The first-order valence-electron chi connectivity index (χ1n) is 14.3. The summed E-state index contributed by atoms with van der Waals surface area (Å²) in [5.41, 5.74) is 3.89. The monoisotopic (exact) mass is 677 g/mol. The van der Waals surface area contributed by atoms with Crippen molar-refractivity contribution in [2.45, 2.75) is 26.0 Å². The summed E-state index contributed by atoms with van der Waals surface area (Å²) in [6.07, 6.45) is -0.0270. The number of carboxylic acid groups (broad SMARTS) is 2. The topological polar surface area (TPSA) is 150 Å². The largest absolute Gasteiger partial charge is 0.496 e. The molecule has 0 saturated carbocycles. The van der Waals surface area contributed by atoms with E-state index in [1.54, 1.807) is 26.4 Å². The number of methoxy groups -OCH3 is 2. The van der Waals surface area contributed by atoms with E-state index >= 15 is 0 Å². The smallest absolute Gasteiger partial charge is 0.335 e. The zero-order valence-corrected chi connectivity index (χ0v) is 27.3. The van der Waals surface area contributed by atoms with E-state index in [-0.39, 0.29) is 27.6 Å². The first-order chi connectivity index (χ1) is 22.0. The molecule has 13 heteroatoms. The van der Waals surface area contributed by atoms with Crippen LogP contribution in [-0.4, -0.2) is 88.0 Å². The van der Waals surface area contributed by atoms with Crippen molar-refractivity contribution in [3.05, 3.63) is 86.4 Å². The van der Waals surface area contributed by atoms with Gasteiger partial charge >= 0.3 is 11.9 Å². The fourth-order valence-electron chi connectivity index (χ4n) is 4.60. The van der Waals surface area contributed by atoms with Gasteiger partial charge in [-0.1, -0.05) is 53.5 Å².